The van der Waals surface area contributed by atoms with E-state index in [-0.39, 0.29) is 11.8 Å². The molecule has 0 saturated carbocycles. The highest BCUT2D eigenvalue weighted by Crippen LogP contribution is 2.19. The van der Waals surface area contributed by atoms with Crippen LogP contribution in [0.25, 0.3) is 0 Å². The smallest absolute Gasteiger partial charge is 0.183 e. The minimum atomic E-state index is -0.304. The molecule has 0 saturated heterocycles. The highest BCUT2D eigenvalue weighted by Gasteiger charge is 2.18. The van der Waals surface area contributed by atoms with Crippen LogP contribution in [0.1, 0.15) is 23.0 Å². The molecule has 0 fully saturated rings. The van der Waals surface area contributed by atoms with Crippen LogP contribution in [0.4, 0.5) is 0 Å². The molecule has 100 valence electrons. The second-order valence-electron chi connectivity index (χ2n) is 4.25. The number of carbonyl (C=O) groups excluding carboxylic acids is 1. The second-order valence-corrected chi connectivity index (χ2v) is 4.25. The summed E-state index contributed by atoms with van der Waals surface area (Å²) in [6, 6.07) is 10.6. The molecule has 0 amide bonds. The molecule has 0 aliphatic rings. The van der Waals surface area contributed by atoms with Crippen molar-refractivity contribution in [1.29, 1.82) is 0 Å². The lowest BCUT2D eigenvalue weighted by molar-refractivity contribution is 0.0946. The van der Waals surface area contributed by atoms with Crippen LogP contribution in [0.2, 0.25) is 0 Å². The Bertz CT molecular complexity index is 534. The second kappa shape index (κ2) is 6.20. The molecular formula is C15H17NO3. The van der Waals surface area contributed by atoms with Crippen LogP contribution < -0.4 is 10.1 Å². The minimum Gasteiger partial charge on any atom is -0.496 e. The fraction of sp³-hybridized carbons (Fsp3) is 0.267. The summed E-state index contributed by atoms with van der Waals surface area (Å²) >= 11 is 0. The molecule has 0 aliphatic heterocycles. The molecule has 1 aromatic carbocycles. The fourth-order valence-electron chi connectivity index (χ4n) is 1.84. The van der Waals surface area contributed by atoms with Gasteiger partial charge in [-0.1, -0.05) is 12.1 Å². The Hall–Kier alpha value is -2.07. The number of furan rings is 1. The van der Waals surface area contributed by atoms with E-state index in [0.29, 0.717) is 17.9 Å². The van der Waals surface area contributed by atoms with E-state index < -0.39 is 0 Å². The van der Waals surface area contributed by atoms with Crippen molar-refractivity contribution in [3.05, 3.63) is 54.0 Å². The zero-order valence-electron chi connectivity index (χ0n) is 11.1. The summed E-state index contributed by atoms with van der Waals surface area (Å²) in [7, 11) is 1.56. The summed E-state index contributed by atoms with van der Waals surface area (Å²) in [4.78, 5) is 12.3. The number of Topliss-reactive ketones (excluding diaryl/α,β-unsaturated/α-hetero) is 1. The molecule has 0 radical (unpaired) electrons. The van der Waals surface area contributed by atoms with Gasteiger partial charge in [-0.15, -0.1) is 0 Å². The van der Waals surface area contributed by atoms with Gasteiger partial charge in [0.1, 0.15) is 11.5 Å². The zero-order chi connectivity index (χ0) is 13.7. The zero-order valence-corrected chi connectivity index (χ0v) is 11.1. The Morgan fingerprint density at radius 2 is 2.11 bits per heavy atom. The van der Waals surface area contributed by atoms with E-state index in [1.54, 1.807) is 25.5 Å². The molecule has 2 rings (SSSR count). The number of ether oxygens (including phenoxy) is 1. The van der Waals surface area contributed by atoms with Crippen molar-refractivity contribution in [3.8, 4) is 5.75 Å². The maximum Gasteiger partial charge on any atom is 0.183 e. The molecule has 4 heteroatoms. The number of methoxy groups -OCH3 is 1. The van der Waals surface area contributed by atoms with Gasteiger partial charge in [0.05, 0.1) is 31.5 Å². The Kier molecular flexibility index (Phi) is 4.36. The number of rotatable bonds is 6. The van der Waals surface area contributed by atoms with Gasteiger partial charge in [0.15, 0.2) is 5.78 Å². The number of nitrogens with one attached hydrogen (secondary N) is 1. The van der Waals surface area contributed by atoms with E-state index in [2.05, 4.69) is 5.32 Å². The standard InChI is InChI=1S/C15H17NO3/c1-11(16-10-12-6-5-9-19-12)15(17)13-7-3-4-8-14(13)18-2/h3-9,11,16H,10H2,1-2H3. The molecule has 0 bridgehead atoms. The van der Waals surface area contributed by atoms with Crippen molar-refractivity contribution in [2.45, 2.75) is 19.5 Å². The van der Waals surface area contributed by atoms with E-state index in [9.17, 15) is 4.79 Å². The SMILES string of the molecule is COc1ccccc1C(=O)C(C)NCc1ccco1. The maximum absolute atomic E-state index is 12.3. The van der Waals surface area contributed by atoms with E-state index in [4.69, 9.17) is 9.15 Å². The van der Waals surface area contributed by atoms with E-state index >= 15 is 0 Å². The van der Waals surface area contributed by atoms with Gasteiger partial charge in [-0.25, -0.2) is 0 Å². The summed E-state index contributed by atoms with van der Waals surface area (Å²) in [5.74, 6) is 1.41. The summed E-state index contributed by atoms with van der Waals surface area (Å²) in [6.45, 7) is 2.35. The summed E-state index contributed by atoms with van der Waals surface area (Å²) in [5.41, 5.74) is 0.587. The van der Waals surface area contributed by atoms with Gasteiger partial charge in [0, 0.05) is 0 Å². The third-order valence-electron chi connectivity index (χ3n) is 2.93. The van der Waals surface area contributed by atoms with Crippen molar-refractivity contribution in [2.24, 2.45) is 0 Å². The Labute approximate surface area is 112 Å². The van der Waals surface area contributed by atoms with Crippen molar-refractivity contribution in [3.63, 3.8) is 0 Å². The fourth-order valence-corrected chi connectivity index (χ4v) is 1.84. The van der Waals surface area contributed by atoms with Gasteiger partial charge in [0.2, 0.25) is 0 Å². The summed E-state index contributed by atoms with van der Waals surface area (Å²) < 4.78 is 10.4. The molecule has 1 heterocycles. The molecule has 4 nitrogen and oxygen atoms in total. The molecule has 1 aromatic heterocycles. The predicted molar refractivity (Wildman–Crippen MR) is 72.3 cm³/mol. The third kappa shape index (κ3) is 3.23. The lowest BCUT2D eigenvalue weighted by Crippen LogP contribution is -2.33. The average molecular weight is 259 g/mol. The van der Waals surface area contributed by atoms with Crippen LogP contribution in [0, 0.1) is 0 Å². The minimum absolute atomic E-state index is 0.00371. The van der Waals surface area contributed by atoms with Gasteiger partial charge in [0.25, 0.3) is 0 Å². The number of para-hydroxylation sites is 1. The molecule has 19 heavy (non-hydrogen) atoms. The third-order valence-corrected chi connectivity index (χ3v) is 2.93. The van der Waals surface area contributed by atoms with Crippen LogP contribution in [-0.2, 0) is 6.54 Å². The first-order valence-electron chi connectivity index (χ1n) is 6.15. The van der Waals surface area contributed by atoms with E-state index in [1.807, 2.05) is 31.2 Å². The molecular weight excluding hydrogens is 242 g/mol. The Morgan fingerprint density at radius 3 is 2.79 bits per heavy atom. The average Bonchev–Trinajstić information content (AvgIpc) is 2.97. The lowest BCUT2D eigenvalue weighted by Gasteiger charge is -2.14. The lowest BCUT2D eigenvalue weighted by atomic mass is 10.0. The molecule has 2 aromatic rings. The van der Waals surface area contributed by atoms with Crippen LogP contribution in [0.5, 0.6) is 5.75 Å². The van der Waals surface area contributed by atoms with Crippen molar-refractivity contribution in [1.82, 2.24) is 5.32 Å². The molecule has 0 aliphatic carbocycles. The van der Waals surface area contributed by atoms with Gasteiger partial charge >= 0.3 is 0 Å². The Balaban J connectivity index is 2.02. The first-order chi connectivity index (χ1) is 9.22. The van der Waals surface area contributed by atoms with E-state index in [0.717, 1.165) is 5.76 Å². The first-order valence-corrected chi connectivity index (χ1v) is 6.15. The predicted octanol–water partition coefficient (Wildman–Crippen LogP) is 2.65. The molecule has 0 spiro atoms. The van der Waals surface area contributed by atoms with Crippen molar-refractivity contribution >= 4 is 5.78 Å². The molecule has 1 unspecified atom stereocenters. The van der Waals surface area contributed by atoms with Gasteiger partial charge < -0.3 is 14.5 Å². The van der Waals surface area contributed by atoms with Crippen LogP contribution >= 0.6 is 0 Å². The van der Waals surface area contributed by atoms with Crippen molar-refractivity contribution in [2.75, 3.05) is 7.11 Å². The largest absolute Gasteiger partial charge is 0.496 e. The quantitative estimate of drug-likeness (QED) is 0.810. The van der Waals surface area contributed by atoms with Gasteiger partial charge in [-0.3, -0.25) is 4.79 Å². The molecule has 1 atom stereocenters. The molecule has 1 N–H and O–H groups in total. The van der Waals surface area contributed by atoms with Crippen LogP contribution in [-0.4, -0.2) is 18.9 Å². The van der Waals surface area contributed by atoms with Gasteiger partial charge in [-0.05, 0) is 31.2 Å². The Morgan fingerprint density at radius 1 is 1.32 bits per heavy atom. The normalized spacial score (nSPS) is 12.1. The first kappa shape index (κ1) is 13.4. The number of benzene rings is 1. The van der Waals surface area contributed by atoms with Crippen LogP contribution in [0.15, 0.2) is 47.1 Å². The monoisotopic (exact) mass is 259 g/mol. The number of carbonyl (C=O) groups is 1. The number of hydrogen-bond donors (Lipinski definition) is 1. The van der Waals surface area contributed by atoms with Crippen molar-refractivity contribution < 1.29 is 13.9 Å². The summed E-state index contributed by atoms with van der Waals surface area (Å²) in [6.07, 6.45) is 1.61. The van der Waals surface area contributed by atoms with Crippen LogP contribution in [0.3, 0.4) is 0 Å². The van der Waals surface area contributed by atoms with Gasteiger partial charge in [-0.2, -0.15) is 0 Å². The summed E-state index contributed by atoms with van der Waals surface area (Å²) in [5, 5.41) is 3.14. The number of ketones is 1. The maximum atomic E-state index is 12.3. The highest BCUT2D eigenvalue weighted by molar-refractivity contribution is 6.02. The highest BCUT2D eigenvalue weighted by atomic mass is 16.5. The topological polar surface area (TPSA) is 51.5 Å². The number of hydrogen-bond acceptors (Lipinski definition) is 4. The van der Waals surface area contributed by atoms with E-state index in [1.165, 1.54) is 0 Å².